The van der Waals surface area contributed by atoms with Crippen LogP contribution in [0.15, 0.2) is 36.4 Å². The Hall–Kier alpha value is -2.22. The van der Waals surface area contributed by atoms with Gasteiger partial charge in [0.15, 0.2) is 0 Å². The van der Waals surface area contributed by atoms with Gasteiger partial charge in [-0.05, 0) is 60.9 Å². The van der Waals surface area contributed by atoms with Crippen molar-refractivity contribution in [2.75, 3.05) is 13.7 Å². The maximum atomic E-state index is 12.9. The molecule has 0 aliphatic carbocycles. The highest BCUT2D eigenvalue weighted by Crippen LogP contribution is 2.39. The first-order chi connectivity index (χ1) is 12.9. The molecule has 1 N–H and O–H groups in total. The normalized spacial score (nSPS) is 11.0. The van der Waals surface area contributed by atoms with Crippen molar-refractivity contribution in [3.05, 3.63) is 53.1 Å². The van der Waals surface area contributed by atoms with Crippen molar-refractivity contribution in [2.45, 2.75) is 40.0 Å². The van der Waals surface area contributed by atoms with Crippen molar-refractivity contribution in [3.63, 3.8) is 0 Å². The molecule has 0 spiro atoms. The Morgan fingerprint density at radius 2 is 1.25 bits per heavy atom. The number of hydrogen-bond acceptors (Lipinski definition) is 2. The van der Waals surface area contributed by atoms with Crippen molar-refractivity contribution in [3.8, 4) is 16.9 Å². The molecule has 0 amide bonds. The van der Waals surface area contributed by atoms with E-state index in [0.717, 1.165) is 0 Å². The molecule has 2 aromatic rings. The van der Waals surface area contributed by atoms with Crippen LogP contribution in [-0.2, 0) is 12.4 Å². The number of rotatable bonds is 2. The third-order valence-corrected chi connectivity index (χ3v) is 3.32. The fourth-order valence-corrected chi connectivity index (χ4v) is 2.18. The van der Waals surface area contributed by atoms with Crippen molar-refractivity contribution in [1.29, 1.82) is 0 Å². The first kappa shape index (κ1) is 25.8. The predicted molar refractivity (Wildman–Crippen MR) is 97.3 cm³/mol. The van der Waals surface area contributed by atoms with Gasteiger partial charge in [0.2, 0.25) is 0 Å². The molecule has 0 heterocycles. The highest BCUT2D eigenvalue weighted by atomic mass is 19.4. The molecule has 0 saturated heterocycles. The first-order valence-electron chi connectivity index (χ1n) is 8.49. The Morgan fingerprint density at radius 1 is 0.821 bits per heavy atom. The van der Waals surface area contributed by atoms with Crippen LogP contribution in [0.4, 0.5) is 26.3 Å². The van der Waals surface area contributed by atoms with Gasteiger partial charge in [-0.2, -0.15) is 26.3 Å². The van der Waals surface area contributed by atoms with Gasteiger partial charge in [0.25, 0.3) is 0 Å². The zero-order valence-corrected chi connectivity index (χ0v) is 16.3. The lowest BCUT2D eigenvalue weighted by Gasteiger charge is -2.15. The zero-order chi connectivity index (χ0) is 22.1. The predicted octanol–water partition coefficient (Wildman–Crippen LogP) is 6.73. The molecule has 0 bridgehead atoms. The standard InChI is InChI=1S/C16H12F6O.C2H6O.C2H6/c1-9-5-10(3-4-14(9)23-2)11-6-12(15(17,18)19)8-13(7-11)16(20,21)22;1-2-3;1-2/h3-8H,1-2H3;3H,2H2,1H3;1-2H3. The number of ether oxygens (including phenoxy) is 1. The molecule has 0 radical (unpaired) electrons. The maximum Gasteiger partial charge on any atom is 0.416 e. The van der Waals surface area contributed by atoms with Crippen LogP contribution in [-0.4, -0.2) is 18.8 Å². The molecule has 28 heavy (non-hydrogen) atoms. The van der Waals surface area contributed by atoms with Crippen LogP contribution in [0.25, 0.3) is 11.1 Å². The second-order valence-corrected chi connectivity index (χ2v) is 5.30. The number of alkyl halides is 6. The van der Waals surface area contributed by atoms with E-state index < -0.39 is 23.5 Å². The van der Waals surface area contributed by atoms with Crippen LogP contribution in [0.3, 0.4) is 0 Å². The summed E-state index contributed by atoms with van der Waals surface area (Å²) in [4.78, 5) is 0. The number of halogens is 6. The van der Waals surface area contributed by atoms with E-state index in [1.54, 1.807) is 13.8 Å². The average molecular weight is 410 g/mol. The largest absolute Gasteiger partial charge is 0.496 e. The third-order valence-electron chi connectivity index (χ3n) is 3.32. The lowest BCUT2D eigenvalue weighted by Crippen LogP contribution is -2.11. The molecule has 158 valence electrons. The lowest BCUT2D eigenvalue weighted by atomic mass is 9.98. The molecule has 0 aliphatic rings. The topological polar surface area (TPSA) is 29.5 Å². The molecule has 2 nitrogen and oxygen atoms in total. The average Bonchev–Trinajstić information content (AvgIpc) is 2.62. The molecule has 0 aliphatic heterocycles. The molecule has 0 fully saturated rings. The highest BCUT2D eigenvalue weighted by Gasteiger charge is 2.37. The summed E-state index contributed by atoms with van der Waals surface area (Å²) < 4.78 is 82.2. The minimum absolute atomic E-state index is 0.111. The Kier molecular flexibility index (Phi) is 10.1. The quantitative estimate of drug-likeness (QED) is 0.556. The molecule has 0 saturated carbocycles. The molecule has 2 aromatic carbocycles. The first-order valence-corrected chi connectivity index (χ1v) is 8.49. The van der Waals surface area contributed by atoms with Gasteiger partial charge in [0.1, 0.15) is 5.75 Å². The van der Waals surface area contributed by atoms with E-state index in [1.165, 1.54) is 25.3 Å². The van der Waals surface area contributed by atoms with Crippen LogP contribution >= 0.6 is 0 Å². The smallest absolute Gasteiger partial charge is 0.416 e. The Bertz CT molecular complexity index is 704. The van der Waals surface area contributed by atoms with Gasteiger partial charge in [-0.3, -0.25) is 0 Å². The Labute approximate surface area is 160 Å². The number of methoxy groups -OCH3 is 1. The number of benzene rings is 2. The summed E-state index contributed by atoms with van der Waals surface area (Å²) in [5, 5.41) is 7.57. The van der Waals surface area contributed by atoms with E-state index >= 15 is 0 Å². The molecule has 8 heteroatoms. The second-order valence-electron chi connectivity index (χ2n) is 5.30. The van der Waals surface area contributed by atoms with Gasteiger partial charge in [0.05, 0.1) is 18.2 Å². The van der Waals surface area contributed by atoms with Crippen LogP contribution < -0.4 is 4.74 Å². The van der Waals surface area contributed by atoms with Gasteiger partial charge in [-0.1, -0.05) is 19.9 Å². The Balaban J connectivity index is 0.00000133. The van der Waals surface area contributed by atoms with Crippen molar-refractivity contribution in [2.24, 2.45) is 0 Å². The van der Waals surface area contributed by atoms with Gasteiger partial charge in [-0.25, -0.2) is 0 Å². The van der Waals surface area contributed by atoms with E-state index in [2.05, 4.69) is 0 Å². The maximum absolute atomic E-state index is 12.9. The van der Waals surface area contributed by atoms with Gasteiger partial charge in [0, 0.05) is 6.61 Å². The minimum Gasteiger partial charge on any atom is -0.496 e. The van der Waals surface area contributed by atoms with Crippen molar-refractivity contribution in [1.82, 2.24) is 0 Å². The number of aryl methyl sites for hydroxylation is 1. The second kappa shape index (κ2) is 10.9. The van der Waals surface area contributed by atoms with Crippen molar-refractivity contribution < 1.29 is 36.2 Å². The van der Waals surface area contributed by atoms with Gasteiger partial charge in [-0.15, -0.1) is 0 Å². The molecule has 0 unspecified atom stereocenters. The van der Waals surface area contributed by atoms with Gasteiger partial charge < -0.3 is 9.84 Å². The third kappa shape index (κ3) is 7.42. The molecular weight excluding hydrogens is 386 g/mol. The summed E-state index contributed by atoms with van der Waals surface area (Å²) in [6.07, 6.45) is -9.73. The van der Waals surface area contributed by atoms with E-state index in [4.69, 9.17) is 9.84 Å². The summed E-state index contributed by atoms with van der Waals surface area (Å²) in [5.41, 5.74) is -1.97. The van der Waals surface area contributed by atoms with E-state index in [0.29, 0.717) is 23.4 Å². The van der Waals surface area contributed by atoms with Crippen LogP contribution in [0.5, 0.6) is 5.75 Å². The fourth-order valence-electron chi connectivity index (χ4n) is 2.18. The summed E-state index contributed by atoms with van der Waals surface area (Å²) in [7, 11) is 1.42. The monoisotopic (exact) mass is 410 g/mol. The fraction of sp³-hybridized carbons (Fsp3) is 0.400. The van der Waals surface area contributed by atoms with Crippen LogP contribution in [0.2, 0.25) is 0 Å². The van der Waals surface area contributed by atoms with E-state index in [9.17, 15) is 26.3 Å². The SMILES string of the molecule is CC.CCO.COc1ccc(-c2cc(C(F)(F)F)cc(C(F)(F)F)c2)cc1C. The number of hydrogen-bond donors (Lipinski definition) is 1. The molecule has 0 atom stereocenters. The molecule has 2 rings (SSSR count). The summed E-state index contributed by atoms with van der Waals surface area (Å²) in [6, 6.07) is 5.92. The van der Waals surface area contributed by atoms with E-state index in [1.807, 2.05) is 13.8 Å². The lowest BCUT2D eigenvalue weighted by molar-refractivity contribution is -0.143. The zero-order valence-electron chi connectivity index (χ0n) is 16.3. The van der Waals surface area contributed by atoms with E-state index in [-0.39, 0.29) is 23.8 Å². The van der Waals surface area contributed by atoms with Crippen LogP contribution in [0, 0.1) is 6.92 Å². The summed E-state index contributed by atoms with van der Waals surface area (Å²) in [5.74, 6) is 0.497. The minimum atomic E-state index is -4.86. The highest BCUT2D eigenvalue weighted by molar-refractivity contribution is 5.67. The van der Waals surface area contributed by atoms with Gasteiger partial charge >= 0.3 is 12.4 Å². The molecular formula is C20H24F6O2. The van der Waals surface area contributed by atoms with Crippen molar-refractivity contribution >= 4 is 0 Å². The Morgan fingerprint density at radius 3 is 1.57 bits per heavy atom. The molecule has 0 aromatic heterocycles. The van der Waals surface area contributed by atoms with Crippen LogP contribution in [0.1, 0.15) is 37.5 Å². The number of aliphatic hydroxyl groups excluding tert-OH is 1. The number of aliphatic hydroxyl groups is 1. The summed E-state index contributed by atoms with van der Waals surface area (Å²) in [6.45, 7) is 7.58. The summed E-state index contributed by atoms with van der Waals surface area (Å²) >= 11 is 0.